The molecule has 0 fully saturated rings. The smallest absolute Gasteiger partial charge is 0.341 e. The summed E-state index contributed by atoms with van der Waals surface area (Å²) in [6.45, 7) is 15.8. The van der Waals surface area contributed by atoms with Crippen molar-refractivity contribution in [3.8, 4) is 5.75 Å². The number of anilines is 3. The monoisotopic (exact) mass is 558 g/mol. The van der Waals surface area contributed by atoms with Crippen LogP contribution in [0.4, 0.5) is 17.1 Å². The fraction of sp³-hybridized carbons (Fsp3) is 0.424. The number of esters is 1. The van der Waals surface area contributed by atoms with E-state index in [1.54, 1.807) is 18.3 Å². The summed E-state index contributed by atoms with van der Waals surface area (Å²) in [5, 5.41) is 3.04. The first-order valence-corrected chi connectivity index (χ1v) is 14.7. The van der Waals surface area contributed by atoms with Crippen LogP contribution in [0.15, 0.2) is 54.7 Å². The van der Waals surface area contributed by atoms with Crippen molar-refractivity contribution in [2.45, 2.75) is 60.0 Å². The third kappa shape index (κ3) is 5.73. The predicted molar refractivity (Wildman–Crippen MR) is 164 cm³/mol. The van der Waals surface area contributed by atoms with Crippen molar-refractivity contribution in [1.82, 2.24) is 4.98 Å². The Morgan fingerprint density at radius 2 is 1.59 bits per heavy atom. The number of rotatable bonds is 13. The van der Waals surface area contributed by atoms with E-state index in [2.05, 4.69) is 42.8 Å². The number of amides is 1. The summed E-state index contributed by atoms with van der Waals surface area (Å²) in [5.74, 6) is -0.0944. The number of nitrogens with one attached hydrogen (secondary N) is 1. The largest absolute Gasteiger partial charge is 0.493 e. The van der Waals surface area contributed by atoms with Gasteiger partial charge in [0, 0.05) is 67.9 Å². The first kappa shape index (κ1) is 29.9. The zero-order valence-electron chi connectivity index (χ0n) is 25.1. The minimum absolute atomic E-state index is 0.219. The van der Waals surface area contributed by atoms with E-state index in [-0.39, 0.29) is 5.91 Å². The molecule has 0 spiro atoms. The second-order valence-corrected chi connectivity index (χ2v) is 10.2. The van der Waals surface area contributed by atoms with Crippen molar-refractivity contribution >= 4 is 28.9 Å². The zero-order valence-corrected chi connectivity index (χ0v) is 25.1. The standard InChI is InChI=1S/C33H42N4O4/c1-7-19-37(20-8-2)24-14-16-27(29(21-24)35-23(6)38)33(31-26(32(39)41-33)13-12-18-34-31)28-17-15-25(36(9-3)10-4)22-30(28)40-11-5/h12-18,21-22H,7-11,19-20H2,1-6H3,(H,35,38). The van der Waals surface area contributed by atoms with E-state index in [0.29, 0.717) is 40.4 Å². The summed E-state index contributed by atoms with van der Waals surface area (Å²) in [6.07, 6.45) is 3.65. The number of carbonyl (C=O) groups is 2. The number of ether oxygens (including phenoxy) is 2. The third-order valence-corrected chi connectivity index (χ3v) is 7.43. The van der Waals surface area contributed by atoms with Crippen molar-refractivity contribution in [2.24, 2.45) is 0 Å². The Balaban J connectivity index is 2.04. The average molecular weight is 559 g/mol. The van der Waals surface area contributed by atoms with Gasteiger partial charge in [0.2, 0.25) is 11.5 Å². The first-order chi connectivity index (χ1) is 19.8. The lowest BCUT2D eigenvalue weighted by Gasteiger charge is -2.34. The number of cyclic esters (lactones) is 1. The number of pyridine rings is 1. The Kier molecular flexibility index (Phi) is 9.53. The lowest BCUT2D eigenvalue weighted by atomic mass is 9.81. The summed E-state index contributed by atoms with van der Waals surface area (Å²) in [4.78, 5) is 35.2. The lowest BCUT2D eigenvalue weighted by molar-refractivity contribution is -0.114. The summed E-state index contributed by atoms with van der Waals surface area (Å²) in [5.41, 5.74) is 3.26. The van der Waals surface area contributed by atoms with Crippen LogP contribution in [0.5, 0.6) is 5.75 Å². The van der Waals surface area contributed by atoms with Gasteiger partial charge in [0.1, 0.15) is 11.4 Å². The molecule has 218 valence electrons. The lowest BCUT2D eigenvalue weighted by Crippen LogP contribution is -2.33. The van der Waals surface area contributed by atoms with Gasteiger partial charge >= 0.3 is 5.97 Å². The van der Waals surface area contributed by atoms with Crippen LogP contribution in [-0.2, 0) is 15.1 Å². The molecular formula is C33H42N4O4. The van der Waals surface area contributed by atoms with E-state index in [1.165, 1.54) is 6.92 Å². The minimum Gasteiger partial charge on any atom is -0.493 e. The molecule has 0 saturated heterocycles. The highest BCUT2D eigenvalue weighted by atomic mass is 16.6. The predicted octanol–water partition coefficient (Wildman–Crippen LogP) is 6.37. The topological polar surface area (TPSA) is 84.0 Å². The highest BCUT2D eigenvalue weighted by Crippen LogP contribution is 2.52. The molecule has 1 aromatic heterocycles. The Morgan fingerprint density at radius 1 is 0.927 bits per heavy atom. The van der Waals surface area contributed by atoms with Crippen molar-refractivity contribution in [3.63, 3.8) is 0 Å². The SMILES string of the molecule is CCCN(CCC)c1ccc(C2(c3ccc(N(CC)CC)cc3OCC)OC(=O)c3cccnc32)c(NC(C)=O)c1. The van der Waals surface area contributed by atoms with Crippen LogP contribution >= 0.6 is 0 Å². The van der Waals surface area contributed by atoms with E-state index >= 15 is 0 Å². The van der Waals surface area contributed by atoms with E-state index in [4.69, 9.17) is 14.5 Å². The van der Waals surface area contributed by atoms with Crippen LogP contribution in [0, 0.1) is 0 Å². The first-order valence-electron chi connectivity index (χ1n) is 14.7. The number of carbonyl (C=O) groups excluding carboxylic acids is 2. The molecule has 2 aromatic carbocycles. The molecule has 1 amide bonds. The van der Waals surface area contributed by atoms with Gasteiger partial charge in [-0.3, -0.25) is 9.78 Å². The summed E-state index contributed by atoms with van der Waals surface area (Å²) < 4.78 is 12.6. The van der Waals surface area contributed by atoms with Gasteiger partial charge in [-0.2, -0.15) is 0 Å². The van der Waals surface area contributed by atoms with E-state index in [9.17, 15) is 9.59 Å². The van der Waals surface area contributed by atoms with Crippen LogP contribution < -0.4 is 19.9 Å². The van der Waals surface area contributed by atoms with Gasteiger partial charge in [-0.1, -0.05) is 19.9 Å². The molecule has 0 radical (unpaired) electrons. The van der Waals surface area contributed by atoms with E-state index in [1.807, 2.05) is 43.3 Å². The summed E-state index contributed by atoms with van der Waals surface area (Å²) in [7, 11) is 0. The summed E-state index contributed by atoms with van der Waals surface area (Å²) in [6, 6.07) is 15.4. The van der Waals surface area contributed by atoms with Gasteiger partial charge in [0.25, 0.3) is 0 Å². The molecule has 8 nitrogen and oxygen atoms in total. The van der Waals surface area contributed by atoms with Crippen LogP contribution in [0.2, 0.25) is 0 Å². The molecule has 8 heteroatoms. The fourth-order valence-electron chi connectivity index (χ4n) is 5.70. The van der Waals surface area contributed by atoms with E-state index < -0.39 is 11.6 Å². The van der Waals surface area contributed by atoms with Crippen molar-refractivity contribution in [3.05, 3.63) is 77.1 Å². The molecule has 1 N–H and O–H groups in total. The Bertz CT molecular complexity index is 1380. The van der Waals surface area contributed by atoms with Gasteiger partial charge in [-0.25, -0.2) is 4.79 Å². The number of aromatic nitrogens is 1. The molecule has 1 aliphatic heterocycles. The molecule has 41 heavy (non-hydrogen) atoms. The zero-order chi connectivity index (χ0) is 29.6. The molecule has 0 aliphatic carbocycles. The molecule has 2 heterocycles. The molecule has 0 saturated carbocycles. The van der Waals surface area contributed by atoms with Crippen LogP contribution in [0.3, 0.4) is 0 Å². The molecule has 1 unspecified atom stereocenters. The number of hydrogen-bond donors (Lipinski definition) is 1. The number of nitrogens with zero attached hydrogens (tertiary/aromatic N) is 3. The molecule has 3 aromatic rings. The highest BCUT2D eigenvalue weighted by molar-refractivity contribution is 5.97. The van der Waals surface area contributed by atoms with Crippen LogP contribution in [0.25, 0.3) is 0 Å². The van der Waals surface area contributed by atoms with Gasteiger partial charge in [0.15, 0.2) is 0 Å². The van der Waals surface area contributed by atoms with E-state index in [0.717, 1.165) is 50.4 Å². The van der Waals surface area contributed by atoms with Crippen molar-refractivity contribution < 1.29 is 19.1 Å². The van der Waals surface area contributed by atoms with Gasteiger partial charge in [0.05, 0.1) is 17.9 Å². The van der Waals surface area contributed by atoms with Gasteiger partial charge in [-0.15, -0.1) is 0 Å². The maximum atomic E-state index is 13.4. The number of hydrogen-bond acceptors (Lipinski definition) is 7. The van der Waals surface area contributed by atoms with Gasteiger partial charge < -0.3 is 24.6 Å². The maximum absolute atomic E-state index is 13.4. The second kappa shape index (κ2) is 13.1. The number of benzene rings is 2. The fourth-order valence-corrected chi connectivity index (χ4v) is 5.70. The number of fused-ring (bicyclic) bond motifs is 1. The molecular weight excluding hydrogens is 516 g/mol. The highest BCUT2D eigenvalue weighted by Gasteiger charge is 2.53. The third-order valence-electron chi connectivity index (χ3n) is 7.43. The molecule has 1 aliphatic rings. The molecule has 0 bridgehead atoms. The van der Waals surface area contributed by atoms with Gasteiger partial charge in [-0.05, 0) is 70.0 Å². The van der Waals surface area contributed by atoms with Crippen molar-refractivity contribution in [2.75, 3.05) is 47.9 Å². The second-order valence-electron chi connectivity index (χ2n) is 10.2. The quantitative estimate of drug-likeness (QED) is 0.244. The summed E-state index contributed by atoms with van der Waals surface area (Å²) >= 11 is 0. The minimum atomic E-state index is -1.43. The van der Waals surface area contributed by atoms with Crippen LogP contribution in [-0.4, -0.2) is 49.6 Å². The molecule has 4 rings (SSSR count). The Labute approximate surface area is 243 Å². The Morgan fingerprint density at radius 3 is 2.20 bits per heavy atom. The molecule has 1 atom stereocenters. The Hall–Kier alpha value is -4.07. The normalized spacial score (nSPS) is 15.7. The van der Waals surface area contributed by atoms with Crippen molar-refractivity contribution in [1.29, 1.82) is 0 Å². The average Bonchev–Trinajstić information content (AvgIpc) is 3.26. The van der Waals surface area contributed by atoms with Crippen LogP contribution in [0.1, 0.15) is 81.6 Å². The maximum Gasteiger partial charge on any atom is 0.341 e.